The number of aromatic nitrogens is 1. The minimum atomic E-state index is -4.77. The van der Waals surface area contributed by atoms with E-state index in [0.717, 1.165) is 27.7 Å². The van der Waals surface area contributed by atoms with Crippen molar-refractivity contribution in [3.63, 3.8) is 0 Å². The van der Waals surface area contributed by atoms with Crippen molar-refractivity contribution in [2.24, 2.45) is 7.05 Å². The van der Waals surface area contributed by atoms with Crippen LogP contribution in [0, 0.1) is 0 Å². The van der Waals surface area contributed by atoms with Crippen LogP contribution in [-0.4, -0.2) is 47.9 Å². The number of para-hydroxylation sites is 2. The molecule has 4 aromatic rings. The highest BCUT2D eigenvalue weighted by Gasteiger charge is 2.33. The zero-order chi connectivity index (χ0) is 27.7. The first-order chi connectivity index (χ1) is 18.6. The second-order valence-corrected chi connectivity index (χ2v) is 10.3. The van der Waals surface area contributed by atoms with Gasteiger partial charge in [-0.25, -0.2) is 0 Å². The molecule has 2 heterocycles. The number of halogens is 5. The van der Waals surface area contributed by atoms with Gasteiger partial charge in [0.2, 0.25) is 5.91 Å². The molecule has 5 nitrogen and oxygen atoms in total. The summed E-state index contributed by atoms with van der Waals surface area (Å²) in [4.78, 5) is 16.8. The molecule has 5 rings (SSSR count). The Morgan fingerprint density at radius 3 is 2.28 bits per heavy atom. The van der Waals surface area contributed by atoms with E-state index in [1.807, 2.05) is 54.4 Å². The molecule has 1 amide bonds. The van der Waals surface area contributed by atoms with E-state index in [4.69, 9.17) is 23.2 Å². The quantitative estimate of drug-likeness (QED) is 0.241. The van der Waals surface area contributed by atoms with Gasteiger partial charge in [-0.1, -0.05) is 47.5 Å². The fourth-order valence-corrected chi connectivity index (χ4v) is 5.54. The Labute approximate surface area is 234 Å². The van der Waals surface area contributed by atoms with Gasteiger partial charge in [0, 0.05) is 60.6 Å². The maximum atomic E-state index is 13.3. The van der Waals surface area contributed by atoms with E-state index in [9.17, 15) is 18.0 Å². The third kappa shape index (κ3) is 5.97. The van der Waals surface area contributed by atoms with Crippen LogP contribution in [0.3, 0.4) is 0 Å². The summed E-state index contributed by atoms with van der Waals surface area (Å²) < 4.78 is 44.9. The maximum Gasteiger partial charge on any atom is 0.573 e. The van der Waals surface area contributed by atoms with E-state index < -0.39 is 6.36 Å². The number of carbonyl (C=O) groups excluding carboxylic acids is 1. The van der Waals surface area contributed by atoms with Crippen LogP contribution < -0.4 is 9.64 Å². The molecule has 1 aliphatic rings. The molecule has 10 heteroatoms. The molecular formula is C29H26Cl2F3N3O2. The lowest BCUT2D eigenvalue weighted by molar-refractivity contribution is -0.274. The van der Waals surface area contributed by atoms with Crippen LogP contribution in [0.25, 0.3) is 22.2 Å². The van der Waals surface area contributed by atoms with Crippen molar-refractivity contribution in [3.05, 3.63) is 82.3 Å². The third-order valence-electron chi connectivity index (χ3n) is 7.04. The molecule has 0 N–H and O–H groups in total. The molecule has 0 aliphatic carbocycles. The Morgan fingerprint density at radius 2 is 1.59 bits per heavy atom. The smallest absolute Gasteiger partial charge is 0.404 e. The number of nitrogens with zero attached hydrogens (tertiary/aromatic N) is 3. The molecule has 39 heavy (non-hydrogen) atoms. The van der Waals surface area contributed by atoms with Crippen molar-refractivity contribution < 1.29 is 22.7 Å². The predicted molar refractivity (Wildman–Crippen MR) is 149 cm³/mol. The van der Waals surface area contributed by atoms with E-state index in [2.05, 4.69) is 9.30 Å². The van der Waals surface area contributed by atoms with Crippen molar-refractivity contribution in [1.82, 2.24) is 9.47 Å². The molecule has 0 unspecified atom stereocenters. The van der Waals surface area contributed by atoms with Gasteiger partial charge in [-0.05, 0) is 60.0 Å². The first kappa shape index (κ1) is 27.2. The van der Waals surface area contributed by atoms with Crippen molar-refractivity contribution >= 4 is 45.7 Å². The van der Waals surface area contributed by atoms with Gasteiger partial charge >= 0.3 is 6.36 Å². The standard InChI is InChI=1S/C29H26Cl2F3N3O2/c1-35-24-12-10-21(31)18-23(24)22(28(35)19-6-8-20(30)9-7-19)11-13-27(38)37-16-14-36(15-17-37)25-4-2-3-5-26(25)39-29(32,33)34/h2-10,12,18H,11,13-17H2,1H3. The number of piperazine rings is 1. The highest BCUT2D eigenvalue weighted by atomic mass is 35.5. The highest BCUT2D eigenvalue weighted by molar-refractivity contribution is 6.31. The van der Waals surface area contributed by atoms with Crippen LogP contribution in [0.5, 0.6) is 5.75 Å². The average molecular weight is 576 g/mol. The predicted octanol–water partition coefficient (Wildman–Crippen LogP) is 7.33. The number of carbonyl (C=O) groups is 1. The van der Waals surface area contributed by atoms with Gasteiger partial charge in [-0.15, -0.1) is 13.2 Å². The van der Waals surface area contributed by atoms with Crippen LogP contribution >= 0.6 is 23.2 Å². The first-order valence-corrected chi connectivity index (χ1v) is 13.3. The summed E-state index contributed by atoms with van der Waals surface area (Å²) in [6.45, 7) is 1.63. The van der Waals surface area contributed by atoms with Gasteiger partial charge in [0.25, 0.3) is 0 Å². The Bertz CT molecular complexity index is 1490. The second kappa shape index (κ2) is 11.0. The zero-order valence-electron chi connectivity index (χ0n) is 21.1. The Morgan fingerprint density at radius 1 is 0.923 bits per heavy atom. The first-order valence-electron chi connectivity index (χ1n) is 12.5. The number of benzene rings is 3. The summed E-state index contributed by atoms with van der Waals surface area (Å²) >= 11 is 12.5. The average Bonchev–Trinajstić information content (AvgIpc) is 3.17. The van der Waals surface area contributed by atoms with E-state index in [1.54, 1.807) is 17.0 Å². The van der Waals surface area contributed by atoms with Crippen molar-refractivity contribution in [2.45, 2.75) is 19.2 Å². The molecule has 0 radical (unpaired) electrons. The lowest BCUT2D eigenvalue weighted by atomic mass is 10.0. The van der Waals surface area contributed by atoms with Gasteiger partial charge in [0.05, 0.1) is 11.4 Å². The molecule has 1 aromatic heterocycles. The molecule has 0 saturated carbocycles. The molecule has 3 aromatic carbocycles. The molecule has 1 saturated heterocycles. The number of rotatable bonds is 6. The summed E-state index contributed by atoms with van der Waals surface area (Å²) in [5, 5.41) is 2.26. The second-order valence-electron chi connectivity index (χ2n) is 9.44. The topological polar surface area (TPSA) is 37.7 Å². The molecule has 0 spiro atoms. The maximum absolute atomic E-state index is 13.3. The molecule has 1 fully saturated rings. The fourth-order valence-electron chi connectivity index (χ4n) is 5.24. The minimum absolute atomic E-state index is 0.00411. The SMILES string of the molecule is Cn1c(-c2ccc(Cl)cc2)c(CCC(=O)N2CCN(c3ccccc3OC(F)(F)F)CC2)c2cc(Cl)ccc21. The molecule has 1 aliphatic heterocycles. The minimum Gasteiger partial charge on any atom is -0.404 e. The third-order valence-corrected chi connectivity index (χ3v) is 7.52. The van der Waals surface area contributed by atoms with Crippen molar-refractivity contribution in [1.29, 1.82) is 0 Å². The molecule has 0 bridgehead atoms. The van der Waals surface area contributed by atoms with Gasteiger partial charge in [0.1, 0.15) is 0 Å². The van der Waals surface area contributed by atoms with Crippen LogP contribution in [-0.2, 0) is 18.3 Å². The summed E-state index contributed by atoms with van der Waals surface area (Å²) in [5.41, 5.74) is 4.40. The number of anilines is 1. The number of hydrogen-bond donors (Lipinski definition) is 0. The molecular weight excluding hydrogens is 550 g/mol. The van der Waals surface area contributed by atoms with E-state index >= 15 is 0 Å². The monoisotopic (exact) mass is 575 g/mol. The van der Waals surface area contributed by atoms with Crippen LogP contribution in [0.4, 0.5) is 18.9 Å². The van der Waals surface area contributed by atoms with Crippen LogP contribution in [0.2, 0.25) is 10.0 Å². The number of ether oxygens (including phenoxy) is 1. The number of hydrogen-bond acceptors (Lipinski definition) is 3. The summed E-state index contributed by atoms with van der Waals surface area (Å²) in [7, 11) is 1.99. The van der Waals surface area contributed by atoms with Crippen LogP contribution in [0.15, 0.2) is 66.7 Å². The zero-order valence-corrected chi connectivity index (χ0v) is 22.7. The van der Waals surface area contributed by atoms with Crippen molar-refractivity contribution in [3.8, 4) is 17.0 Å². The van der Waals surface area contributed by atoms with Gasteiger partial charge in [0.15, 0.2) is 5.75 Å². The Balaban J connectivity index is 1.31. The molecule has 0 atom stereocenters. The Kier molecular flexibility index (Phi) is 7.69. The van der Waals surface area contributed by atoms with E-state index in [-0.39, 0.29) is 11.7 Å². The summed E-state index contributed by atoms with van der Waals surface area (Å²) in [6, 6.07) is 19.4. The number of alkyl halides is 3. The Hall–Kier alpha value is -3.36. The largest absolute Gasteiger partial charge is 0.573 e. The lowest BCUT2D eigenvalue weighted by Crippen LogP contribution is -2.49. The van der Waals surface area contributed by atoms with Crippen LogP contribution in [0.1, 0.15) is 12.0 Å². The van der Waals surface area contributed by atoms with Gasteiger partial charge in [-0.2, -0.15) is 0 Å². The number of amides is 1. The summed E-state index contributed by atoms with van der Waals surface area (Å²) in [6.07, 6.45) is -3.97. The molecule has 204 valence electrons. The van der Waals surface area contributed by atoms with Gasteiger partial charge < -0.3 is 19.1 Å². The summed E-state index contributed by atoms with van der Waals surface area (Å²) in [5.74, 6) is -0.246. The lowest BCUT2D eigenvalue weighted by Gasteiger charge is -2.36. The number of aryl methyl sites for hydroxylation is 2. The van der Waals surface area contributed by atoms with Crippen molar-refractivity contribution in [2.75, 3.05) is 31.1 Å². The van der Waals surface area contributed by atoms with E-state index in [1.165, 1.54) is 12.1 Å². The highest BCUT2D eigenvalue weighted by Crippen LogP contribution is 2.36. The van der Waals surface area contributed by atoms with Gasteiger partial charge in [-0.3, -0.25) is 4.79 Å². The number of fused-ring (bicyclic) bond motifs is 1. The van der Waals surface area contributed by atoms with E-state index in [0.29, 0.717) is 54.8 Å². The normalized spacial score (nSPS) is 14.2. The fraction of sp³-hybridized carbons (Fsp3) is 0.276.